The molecule has 0 bridgehead atoms. The van der Waals surface area contributed by atoms with Gasteiger partial charge in [0.1, 0.15) is 12.4 Å². The molecule has 0 aliphatic rings. The van der Waals surface area contributed by atoms with Crippen molar-refractivity contribution in [1.29, 1.82) is 5.26 Å². The Labute approximate surface area is 75.4 Å². The SMILES string of the molecule is N#Cc1ncn(CCOCCO)n1. The van der Waals surface area contributed by atoms with E-state index in [9.17, 15) is 0 Å². The van der Waals surface area contributed by atoms with Gasteiger partial charge in [0.15, 0.2) is 0 Å². The standard InChI is InChI=1S/C7H10N4O2/c8-5-7-9-6-11(10-7)1-3-13-4-2-12/h6,12H,1-4H2. The van der Waals surface area contributed by atoms with Gasteiger partial charge in [0, 0.05) is 0 Å². The van der Waals surface area contributed by atoms with Crippen LogP contribution in [0, 0.1) is 11.3 Å². The van der Waals surface area contributed by atoms with Crippen molar-refractivity contribution in [2.75, 3.05) is 19.8 Å². The third kappa shape index (κ3) is 3.19. The van der Waals surface area contributed by atoms with E-state index in [1.54, 1.807) is 0 Å². The molecule has 70 valence electrons. The van der Waals surface area contributed by atoms with Gasteiger partial charge in [0.05, 0.1) is 26.4 Å². The van der Waals surface area contributed by atoms with Crippen LogP contribution in [0.4, 0.5) is 0 Å². The molecule has 0 saturated heterocycles. The first-order valence-corrected chi connectivity index (χ1v) is 3.85. The third-order valence-electron chi connectivity index (χ3n) is 1.34. The first-order valence-electron chi connectivity index (χ1n) is 3.85. The first kappa shape index (κ1) is 9.64. The number of aromatic nitrogens is 3. The Hall–Kier alpha value is -1.45. The van der Waals surface area contributed by atoms with E-state index < -0.39 is 0 Å². The van der Waals surface area contributed by atoms with Gasteiger partial charge in [-0.1, -0.05) is 0 Å². The van der Waals surface area contributed by atoms with E-state index in [0.29, 0.717) is 19.8 Å². The highest BCUT2D eigenvalue weighted by Crippen LogP contribution is 1.87. The zero-order valence-corrected chi connectivity index (χ0v) is 7.05. The number of rotatable bonds is 5. The average Bonchev–Trinajstić information content (AvgIpc) is 2.60. The summed E-state index contributed by atoms with van der Waals surface area (Å²) in [6.07, 6.45) is 1.47. The second-order valence-electron chi connectivity index (χ2n) is 2.28. The Bertz CT molecular complexity index is 291. The second-order valence-corrected chi connectivity index (χ2v) is 2.28. The number of aliphatic hydroxyl groups is 1. The van der Waals surface area contributed by atoms with Gasteiger partial charge < -0.3 is 9.84 Å². The molecule has 0 spiro atoms. The molecular weight excluding hydrogens is 172 g/mol. The number of ether oxygens (including phenoxy) is 1. The van der Waals surface area contributed by atoms with Gasteiger partial charge in [-0.3, -0.25) is 0 Å². The maximum Gasteiger partial charge on any atom is 0.252 e. The van der Waals surface area contributed by atoms with Gasteiger partial charge >= 0.3 is 0 Å². The summed E-state index contributed by atoms with van der Waals surface area (Å²) >= 11 is 0. The van der Waals surface area contributed by atoms with Crippen molar-refractivity contribution >= 4 is 0 Å². The van der Waals surface area contributed by atoms with Crippen LogP contribution in [0.5, 0.6) is 0 Å². The van der Waals surface area contributed by atoms with Crippen LogP contribution in [0.1, 0.15) is 5.82 Å². The predicted octanol–water partition coefficient (Wildman–Crippen LogP) is -0.841. The van der Waals surface area contributed by atoms with Crippen molar-refractivity contribution in [1.82, 2.24) is 14.8 Å². The summed E-state index contributed by atoms with van der Waals surface area (Å²) in [4.78, 5) is 3.72. The fourth-order valence-electron chi connectivity index (χ4n) is 0.778. The molecule has 0 aromatic carbocycles. The Balaban J connectivity index is 2.25. The molecule has 0 unspecified atom stereocenters. The molecule has 0 saturated carbocycles. The highest BCUT2D eigenvalue weighted by Gasteiger charge is 1.97. The van der Waals surface area contributed by atoms with Gasteiger partial charge in [-0.2, -0.15) is 5.26 Å². The minimum Gasteiger partial charge on any atom is -0.394 e. The fraction of sp³-hybridized carbons (Fsp3) is 0.571. The molecular formula is C7H10N4O2. The van der Waals surface area contributed by atoms with Gasteiger partial charge in [0.25, 0.3) is 5.82 Å². The topological polar surface area (TPSA) is 84.0 Å². The number of aliphatic hydroxyl groups excluding tert-OH is 1. The van der Waals surface area contributed by atoms with Gasteiger partial charge in [-0.05, 0) is 0 Å². The molecule has 0 atom stereocenters. The van der Waals surface area contributed by atoms with E-state index in [2.05, 4.69) is 10.1 Å². The largest absolute Gasteiger partial charge is 0.394 e. The van der Waals surface area contributed by atoms with Crippen molar-refractivity contribution in [3.8, 4) is 6.07 Å². The van der Waals surface area contributed by atoms with Crippen LogP contribution >= 0.6 is 0 Å². The molecule has 0 amide bonds. The molecule has 1 N–H and O–H groups in total. The summed E-state index contributed by atoms with van der Waals surface area (Å²) in [5.41, 5.74) is 0. The lowest BCUT2D eigenvalue weighted by atomic mass is 10.7. The lowest BCUT2D eigenvalue weighted by molar-refractivity contribution is 0.0853. The van der Waals surface area contributed by atoms with Crippen LogP contribution in [0.3, 0.4) is 0 Å². The maximum atomic E-state index is 8.41. The zero-order chi connectivity index (χ0) is 9.52. The smallest absolute Gasteiger partial charge is 0.252 e. The molecule has 1 aromatic heterocycles. The van der Waals surface area contributed by atoms with Crippen LogP contribution in [-0.4, -0.2) is 39.7 Å². The van der Waals surface area contributed by atoms with E-state index in [4.69, 9.17) is 15.1 Å². The molecule has 1 heterocycles. The quantitative estimate of drug-likeness (QED) is 0.600. The van der Waals surface area contributed by atoms with Crippen LogP contribution in [0.2, 0.25) is 0 Å². The van der Waals surface area contributed by atoms with Crippen LogP contribution in [0.15, 0.2) is 6.33 Å². The fourth-order valence-corrected chi connectivity index (χ4v) is 0.778. The van der Waals surface area contributed by atoms with Crippen LogP contribution in [0.25, 0.3) is 0 Å². The number of hydrogen-bond acceptors (Lipinski definition) is 5. The molecule has 0 aliphatic heterocycles. The number of nitrogens with zero attached hydrogens (tertiary/aromatic N) is 4. The van der Waals surface area contributed by atoms with Crippen LogP contribution in [-0.2, 0) is 11.3 Å². The molecule has 0 radical (unpaired) electrons. The average molecular weight is 182 g/mol. The monoisotopic (exact) mass is 182 g/mol. The summed E-state index contributed by atoms with van der Waals surface area (Å²) in [5.74, 6) is 0.155. The lowest BCUT2D eigenvalue weighted by Gasteiger charge is -2.00. The number of nitriles is 1. The van der Waals surface area contributed by atoms with Gasteiger partial charge in [-0.15, -0.1) is 5.10 Å². The summed E-state index contributed by atoms with van der Waals surface area (Å²) in [6.45, 7) is 1.32. The van der Waals surface area contributed by atoms with E-state index >= 15 is 0 Å². The van der Waals surface area contributed by atoms with Crippen molar-refractivity contribution in [3.05, 3.63) is 12.2 Å². The molecule has 1 rings (SSSR count). The minimum absolute atomic E-state index is 0.0147. The van der Waals surface area contributed by atoms with E-state index in [-0.39, 0.29) is 12.4 Å². The minimum atomic E-state index is 0.0147. The first-order chi connectivity index (χ1) is 6.36. The Kier molecular flexibility index (Phi) is 3.88. The van der Waals surface area contributed by atoms with Crippen molar-refractivity contribution in [3.63, 3.8) is 0 Å². The van der Waals surface area contributed by atoms with Crippen molar-refractivity contribution < 1.29 is 9.84 Å². The molecule has 1 aromatic rings. The Morgan fingerprint density at radius 2 is 2.46 bits per heavy atom. The second kappa shape index (κ2) is 5.24. The Morgan fingerprint density at radius 1 is 1.62 bits per heavy atom. The van der Waals surface area contributed by atoms with E-state index in [1.807, 2.05) is 6.07 Å². The van der Waals surface area contributed by atoms with Crippen molar-refractivity contribution in [2.24, 2.45) is 0 Å². The van der Waals surface area contributed by atoms with Gasteiger partial charge in [0.2, 0.25) is 0 Å². The Morgan fingerprint density at radius 3 is 3.08 bits per heavy atom. The van der Waals surface area contributed by atoms with E-state index in [1.165, 1.54) is 11.0 Å². The van der Waals surface area contributed by atoms with Crippen LogP contribution < -0.4 is 0 Å². The van der Waals surface area contributed by atoms with Crippen molar-refractivity contribution in [2.45, 2.75) is 6.54 Å². The normalized spacial score (nSPS) is 9.85. The number of hydrogen-bond donors (Lipinski definition) is 1. The molecule has 6 heteroatoms. The summed E-state index contributed by atoms with van der Waals surface area (Å²) < 4.78 is 6.53. The van der Waals surface area contributed by atoms with E-state index in [0.717, 1.165) is 0 Å². The molecule has 0 fully saturated rings. The molecule has 0 aliphatic carbocycles. The molecule has 6 nitrogen and oxygen atoms in total. The highest BCUT2D eigenvalue weighted by molar-refractivity contribution is 5.05. The maximum absolute atomic E-state index is 8.41. The summed E-state index contributed by atoms with van der Waals surface area (Å²) in [5, 5.41) is 20.6. The van der Waals surface area contributed by atoms with Gasteiger partial charge in [-0.25, -0.2) is 9.67 Å². The summed E-state index contributed by atoms with van der Waals surface area (Å²) in [6, 6.07) is 1.83. The molecule has 13 heavy (non-hydrogen) atoms. The third-order valence-corrected chi connectivity index (χ3v) is 1.34. The highest BCUT2D eigenvalue weighted by atomic mass is 16.5. The predicted molar refractivity (Wildman–Crippen MR) is 42.6 cm³/mol. The lowest BCUT2D eigenvalue weighted by Crippen LogP contribution is -2.08. The zero-order valence-electron chi connectivity index (χ0n) is 7.05. The summed E-state index contributed by atoms with van der Waals surface area (Å²) in [7, 11) is 0.